The number of rotatable bonds is 3. The maximum absolute atomic E-state index is 12.8. The number of alkyl halides is 3. The minimum atomic E-state index is -5.08. The van der Waals surface area contributed by atoms with Crippen LogP contribution in [0.3, 0.4) is 0 Å². The van der Waals surface area contributed by atoms with E-state index < -0.39 is 12.1 Å². The third-order valence-corrected chi connectivity index (χ3v) is 5.50. The van der Waals surface area contributed by atoms with E-state index in [1.54, 1.807) is 25.4 Å². The molecular weight excluding hydrogens is 495 g/mol. The number of aromatic nitrogens is 4. The van der Waals surface area contributed by atoms with Crippen molar-refractivity contribution in [3.05, 3.63) is 70.4 Å². The van der Waals surface area contributed by atoms with E-state index in [-0.39, 0.29) is 17.4 Å². The van der Waals surface area contributed by atoms with Gasteiger partial charge in [0.1, 0.15) is 17.3 Å². The number of H-pyrrole nitrogens is 1. The number of hydrogen-bond acceptors (Lipinski definition) is 8. The Morgan fingerprint density at radius 2 is 1.95 bits per heavy atom. The van der Waals surface area contributed by atoms with Gasteiger partial charge >= 0.3 is 12.1 Å². The summed E-state index contributed by atoms with van der Waals surface area (Å²) < 4.78 is 42.9. The highest BCUT2D eigenvalue weighted by Crippen LogP contribution is 2.34. The number of nitrogens with two attached hydrogens (primary N) is 1. The molecular formula is C24H20F3N5O5. The molecule has 2 aromatic heterocycles. The van der Waals surface area contributed by atoms with Crippen LogP contribution in [0.1, 0.15) is 17.3 Å². The van der Waals surface area contributed by atoms with Gasteiger partial charge in [-0.1, -0.05) is 6.07 Å². The molecule has 13 heteroatoms. The zero-order valence-electron chi connectivity index (χ0n) is 19.2. The summed E-state index contributed by atoms with van der Waals surface area (Å²) in [5.41, 5.74) is 8.55. The van der Waals surface area contributed by atoms with Crippen LogP contribution in [0.5, 0.6) is 11.5 Å². The largest absolute Gasteiger partial charge is 0.497 e. The number of carboxylic acid groups (broad SMARTS) is 1. The van der Waals surface area contributed by atoms with Gasteiger partial charge in [0.05, 0.1) is 36.2 Å². The monoisotopic (exact) mass is 515 g/mol. The highest BCUT2D eigenvalue weighted by molar-refractivity contribution is 5.83. The van der Waals surface area contributed by atoms with Crippen molar-refractivity contribution < 1.29 is 32.5 Å². The fraction of sp³-hybridized carbons (Fsp3) is 0.208. The number of nitrogens with zero attached hydrogens (tertiary/aromatic N) is 3. The molecule has 0 saturated heterocycles. The number of methoxy groups -OCH3 is 1. The summed E-state index contributed by atoms with van der Waals surface area (Å²) in [4.78, 5) is 37.5. The minimum Gasteiger partial charge on any atom is -0.497 e. The van der Waals surface area contributed by atoms with E-state index in [1.165, 1.54) is 0 Å². The van der Waals surface area contributed by atoms with Crippen molar-refractivity contribution in [2.45, 2.75) is 18.5 Å². The fourth-order valence-corrected chi connectivity index (χ4v) is 3.72. The van der Waals surface area contributed by atoms with Gasteiger partial charge in [-0.05, 0) is 48.4 Å². The molecule has 1 aliphatic heterocycles. The Bertz CT molecular complexity index is 1520. The van der Waals surface area contributed by atoms with Gasteiger partial charge in [0, 0.05) is 11.8 Å². The van der Waals surface area contributed by atoms with Crippen molar-refractivity contribution in [2.24, 2.45) is 0 Å². The van der Waals surface area contributed by atoms with Crippen molar-refractivity contribution in [3.63, 3.8) is 0 Å². The first-order chi connectivity index (χ1) is 17.5. The Morgan fingerprint density at radius 1 is 1.19 bits per heavy atom. The Morgan fingerprint density at radius 3 is 2.62 bits per heavy atom. The second-order valence-corrected chi connectivity index (χ2v) is 7.97. The first-order valence-electron chi connectivity index (χ1n) is 10.8. The molecule has 1 unspecified atom stereocenters. The van der Waals surface area contributed by atoms with Crippen molar-refractivity contribution in [1.82, 2.24) is 19.9 Å². The van der Waals surface area contributed by atoms with Crippen LogP contribution in [-0.2, 0) is 11.2 Å². The molecule has 0 aliphatic carbocycles. The molecule has 0 bridgehead atoms. The Labute approximate surface area is 206 Å². The fourth-order valence-electron chi connectivity index (χ4n) is 3.72. The lowest BCUT2D eigenvalue weighted by molar-refractivity contribution is -0.192. The third kappa shape index (κ3) is 5.77. The molecule has 0 fully saturated rings. The van der Waals surface area contributed by atoms with Crippen molar-refractivity contribution >= 4 is 22.8 Å². The van der Waals surface area contributed by atoms with Gasteiger partial charge in [0.2, 0.25) is 5.95 Å². The number of benzene rings is 2. The predicted octanol–water partition coefficient (Wildman–Crippen LogP) is 3.32. The number of nitrogens with one attached hydrogen (secondary N) is 1. The summed E-state index contributed by atoms with van der Waals surface area (Å²) in [6.45, 7) is 0.450. The number of anilines is 1. The van der Waals surface area contributed by atoms with Gasteiger partial charge in [-0.2, -0.15) is 13.2 Å². The van der Waals surface area contributed by atoms with E-state index in [0.29, 0.717) is 35.4 Å². The van der Waals surface area contributed by atoms with Crippen LogP contribution in [0.25, 0.3) is 22.2 Å². The Hall–Kier alpha value is -4.68. The molecule has 192 valence electrons. The van der Waals surface area contributed by atoms with Gasteiger partial charge in [0.25, 0.3) is 5.56 Å². The van der Waals surface area contributed by atoms with Gasteiger partial charge < -0.3 is 25.3 Å². The molecule has 1 aliphatic rings. The van der Waals surface area contributed by atoms with E-state index >= 15 is 0 Å². The summed E-state index contributed by atoms with van der Waals surface area (Å²) in [5.74, 6) is -0.403. The topological polar surface area (TPSA) is 153 Å². The molecule has 3 heterocycles. The SMILES string of the molecule is COc1ccc2c(c1)CC(c1nc3ccc(-c4ccnc(N)n4)cc3c(=O)[nH]1)CO2.O=C(O)C(F)(F)F. The molecule has 4 N–H and O–H groups in total. The molecule has 0 radical (unpaired) electrons. The number of aromatic amines is 1. The second-order valence-electron chi connectivity index (χ2n) is 7.97. The molecule has 37 heavy (non-hydrogen) atoms. The van der Waals surface area contributed by atoms with E-state index in [0.717, 1.165) is 22.6 Å². The number of carboxylic acids is 1. The molecule has 1 atom stereocenters. The molecule has 10 nitrogen and oxygen atoms in total. The molecule has 0 saturated carbocycles. The van der Waals surface area contributed by atoms with Crippen LogP contribution in [0, 0.1) is 0 Å². The van der Waals surface area contributed by atoms with E-state index in [4.69, 9.17) is 30.1 Å². The number of aliphatic carboxylic acids is 1. The summed E-state index contributed by atoms with van der Waals surface area (Å²) in [5, 5.41) is 7.62. The van der Waals surface area contributed by atoms with E-state index in [2.05, 4.69) is 15.0 Å². The predicted molar refractivity (Wildman–Crippen MR) is 126 cm³/mol. The number of halogens is 3. The standard InChI is InChI=1S/C22H19N5O3.C2HF3O2/c1-29-15-3-5-19-13(9-15)8-14(11-30-19)20-25-18-4-2-12(10-16(18)21(28)27-20)17-6-7-24-22(23)26-17;3-2(4,5)1(6)7/h2-7,9-10,14H,8,11H2,1H3,(H2,23,24,26)(H,25,27,28);(H,6,7). The number of carbonyl (C=O) groups is 1. The van der Waals surface area contributed by atoms with Crippen LogP contribution in [0.15, 0.2) is 53.5 Å². The zero-order valence-corrected chi connectivity index (χ0v) is 19.2. The molecule has 0 amide bonds. The van der Waals surface area contributed by atoms with Crippen LogP contribution in [-0.4, -0.2) is 50.9 Å². The van der Waals surface area contributed by atoms with Crippen molar-refractivity contribution in [1.29, 1.82) is 0 Å². The average molecular weight is 515 g/mol. The normalized spacial score (nSPS) is 14.6. The number of fused-ring (bicyclic) bond motifs is 2. The summed E-state index contributed by atoms with van der Waals surface area (Å²) in [6, 6.07) is 12.9. The number of ether oxygens (including phenoxy) is 2. The smallest absolute Gasteiger partial charge is 0.490 e. The lowest BCUT2D eigenvalue weighted by Gasteiger charge is -2.25. The average Bonchev–Trinajstić information content (AvgIpc) is 2.87. The van der Waals surface area contributed by atoms with Crippen molar-refractivity contribution in [3.8, 4) is 22.8 Å². The van der Waals surface area contributed by atoms with Crippen LogP contribution >= 0.6 is 0 Å². The summed E-state index contributed by atoms with van der Waals surface area (Å²) in [6.07, 6.45) is -2.79. The molecule has 4 aromatic rings. The minimum absolute atomic E-state index is 0.0527. The lowest BCUT2D eigenvalue weighted by atomic mass is 9.95. The maximum atomic E-state index is 12.8. The molecule has 0 spiro atoms. The van der Waals surface area contributed by atoms with E-state index in [9.17, 15) is 18.0 Å². The van der Waals surface area contributed by atoms with Gasteiger partial charge in [-0.25, -0.2) is 19.7 Å². The van der Waals surface area contributed by atoms with Gasteiger partial charge in [-0.3, -0.25) is 4.79 Å². The molecule has 5 rings (SSSR count). The van der Waals surface area contributed by atoms with Crippen LogP contribution in [0.4, 0.5) is 19.1 Å². The molecule has 2 aromatic carbocycles. The van der Waals surface area contributed by atoms with Crippen LogP contribution < -0.4 is 20.8 Å². The first-order valence-corrected chi connectivity index (χ1v) is 10.8. The lowest BCUT2D eigenvalue weighted by Crippen LogP contribution is -2.24. The highest BCUT2D eigenvalue weighted by atomic mass is 19.4. The zero-order chi connectivity index (χ0) is 26.7. The van der Waals surface area contributed by atoms with Crippen LogP contribution in [0.2, 0.25) is 0 Å². The van der Waals surface area contributed by atoms with Gasteiger partial charge in [-0.15, -0.1) is 0 Å². The van der Waals surface area contributed by atoms with Crippen molar-refractivity contribution in [2.75, 3.05) is 19.5 Å². The van der Waals surface area contributed by atoms with Gasteiger partial charge in [0.15, 0.2) is 0 Å². The number of nitrogen functional groups attached to an aromatic ring is 1. The Kier molecular flexibility index (Phi) is 6.96. The highest BCUT2D eigenvalue weighted by Gasteiger charge is 2.38. The maximum Gasteiger partial charge on any atom is 0.490 e. The summed E-state index contributed by atoms with van der Waals surface area (Å²) in [7, 11) is 1.63. The first kappa shape index (κ1) is 25.4. The quantitative estimate of drug-likeness (QED) is 0.373. The van der Waals surface area contributed by atoms with E-state index in [1.807, 2.05) is 30.3 Å². The summed E-state index contributed by atoms with van der Waals surface area (Å²) >= 11 is 0. The Balaban J connectivity index is 0.000000405. The third-order valence-electron chi connectivity index (χ3n) is 5.50. The number of hydrogen-bond donors (Lipinski definition) is 3. The second kappa shape index (κ2) is 10.1.